The number of piperidine rings is 1. The number of aliphatic hydroxyl groups is 1. The van der Waals surface area contributed by atoms with Crippen molar-refractivity contribution in [3.63, 3.8) is 0 Å². The fourth-order valence-electron chi connectivity index (χ4n) is 3.47. The maximum absolute atomic E-state index is 12.9. The first-order valence-corrected chi connectivity index (χ1v) is 9.63. The van der Waals surface area contributed by atoms with Crippen LogP contribution in [-0.2, 0) is 0 Å². The van der Waals surface area contributed by atoms with Gasteiger partial charge in [-0.3, -0.25) is 4.79 Å². The summed E-state index contributed by atoms with van der Waals surface area (Å²) in [4.78, 5) is 15.8. The Morgan fingerprint density at radius 1 is 1.19 bits per heavy atom. The molecule has 0 radical (unpaired) electrons. The van der Waals surface area contributed by atoms with Gasteiger partial charge in [0.2, 0.25) is 0 Å². The van der Waals surface area contributed by atoms with Crippen molar-refractivity contribution in [2.75, 3.05) is 13.1 Å². The van der Waals surface area contributed by atoms with E-state index in [4.69, 9.17) is 4.52 Å². The number of aromatic nitrogens is 1. The van der Waals surface area contributed by atoms with Crippen molar-refractivity contribution in [3.05, 3.63) is 64.5 Å². The minimum atomic E-state index is -0.442. The van der Waals surface area contributed by atoms with Gasteiger partial charge in [-0.15, -0.1) is 11.3 Å². The first-order valence-electron chi connectivity index (χ1n) is 8.75. The Morgan fingerprint density at radius 2 is 1.96 bits per heavy atom. The summed E-state index contributed by atoms with van der Waals surface area (Å²) in [6.07, 6.45) is 2.63. The molecule has 4 rings (SSSR count). The summed E-state index contributed by atoms with van der Waals surface area (Å²) in [5.41, 5.74) is 1.34. The van der Waals surface area contributed by atoms with E-state index >= 15 is 0 Å². The van der Waals surface area contributed by atoms with Gasteiger partial charge in [-0.1, -0.05) is 41.6 Å². The minimum Gasteiger partial charge on any atom is -0.387 e. The Morgan fingerprint density at radius 3 is 2.65 bits per heavy atom. The lowest BCUT2D eigenvalue weighted by molar-refractivity contribution is 0.0474. The van der Waals surface area contributed by atoms with Gasteiger partial charge < -0.3 is 14.5 Å². The van der Waals surface area contributed by atoms with Gasteiger partial charge in [0.25, 0.3) is 5.91 Å². The van der Waals surface area contributed by atoms with Crippen molar-refractivity contribution in [1.82, 2.24) is 10.1 Å². The van der Waals surface area contributed by atoms with Crippen LogP contribution in [0.5, 0.6) is 0 Å². The van der Waals surface area contributed by atoms with E-state index in [1.165, 1.54) is 6.20 Å². The maximum atomic E-state index is 12.9. The number of aliphatic hydroxyl groups excluding tert-OH is 1. The van der Waals surface area contributed by atoms with Gasteiger partial charge in [0.05, 0.1) is 12.3 Å². The molecule has 3 heterocycles. The van der Waals surface area contributed by atoms with Crippen LogP contribution in [0.25, 0.3) is 11.3 Å². The molecule has 5 nitrogen and oxygen atoms in total. The summed E-state index contributed by atoms with van der Waals surface area (Å²) in [6, 6.07) is 13.5. The normalized spacial score (nSPS) is 16.6. The van der Waals surface area contributed by atoms with Gasteiger partial charge in [-0.25, -0.2) is 0 Å². The van der Waals surface area contributed by atoms with Gasteiger partial charge in [0.15, 0.2) is 5.76 Å². The van der Waals surface area contributed by atoms with Crippen LogP contribution in [0.4, 0.5) is 0 Å². The first-order chi connectivity index (χ1) is 12.7. The fraction of sp³-hybridized carbons (Fsp3) is 0.300. The lowest BCUT2D eigenvalue weighted by Gasteiger charge is -2.33. The largest absolute Gasteiger partial charge is 0.387 e. The smallest absolute Gasteiger partial charge is 0.259 e. The number of likely N-dealkylation sites (tertiary alicyclic amines) is 1. The zero-order chi connectivity index (χ0) is 17.9. The maximum Gasteiger partial charge on any atom is 0.259 e. The van der Waals surface area contributed by atoms with Crippen molar-refractivity contribution >= 4 is 17.2 Å². The van der Waals surface area contributed by atoms with Gasteiger partial charge in [-0.05, 0) is 30.2 Å². The zero-order valence-corrected chi connectivity index (χ0v) is 15.1. The average molecular weight is 368 g/mol. The second-order valence-electron chi connectivity index (χ2n) is 6.52. The molecule has 26 heavy (non-hydrogen) atoms. The molecular weight excluding hydrogens is 348 g/mol. The van der Waals surface area contributed by atoms with E-state index in [0.29, 0.717) is 24.4 Å². The number of nitrogens with zero attached hydrogens (tertiary/aromatic N) is 2. The molecule has 1 aliphatic heterocycles. The molecule has 0 saturated carbocycles. The van der Waals surface area contributed by atoms with E-state index in [2.05, 4.69) is 5.16 Å². The number of hydrogen-bond donors (Lipinski definition) is 1. The highest BCUT2D eigenvalue weighted by Gasteiger charge is 2.31. The zero-order valence-electron chi connectivity index (χ0n) is 14.2. The van der Waals surface area contributed by atoms with Gasteiger partial charge >= 0.3 is 0 Å². The summed E-state index contributed by atoms with van der Waals surface area (Å²) in [6.45, 7) is 1.26. The van der Waals surface area contributed by atoms with E-state index in [0.717, 1.165) is 23.3 Å². The molecule has 1 amide bonds. The predicted molar refractivity (Wildman–Crippen MR) is 99.8 cm³/mol. The topological polar surface area (TPSA) is 66.6 Å². The van der Waals surface area contributed by atoms with E-state index < -0.39 is 6.10 Å². The van der Waals surface area contributed by atoms with E-state index in [9.17, 15) is 9.90 Å². The van der Waals surface area contributed by atoms with Crippen LogP contribution in [0.2, 0.25) is 0 Å². The summed E-state index contributed by atoms with van der Waals surface area (Å²) in [5.74, 6) is 0.638. The quantitative estimate of drug-likeness (QED) is 0.756. The SMILES string of the molecule is O=C(c1cnoc1-c1ccccc1)N1CCC([C@@H](O)c2cccs2)CC1. The van der Waals surface area contributed by atoms with E-state index in [1.54, 1.807) is 11.3 Å². The van der Waals surface area contributed by atoms with Gasteiger partial charge in [0.1, 0.15) is 5.56 Å². The third kappa shape index (κ3) is 3.30. The molecular formula is C20H20N2O3S. The highest BCUT2D eigenvalue weighted by molar-refractivity contribution is 7.10. The van der Waals surface area contributed by atoms with Crippen LogP contribution in [0.3, 0.4) is 0 Å². The number of carbonyl (C=O) groups is 1. The molecule has 1 aliphatic rings. The van der Waals surface area contributed by atoms with Gasteiger partial charge in [0, 0.05) is 23.5 Å². The summed E-state index contributed by atoms with van der Waals surface area (Å²) >= 11 is 1.58. The average Bonchev–Trinajstić information content (AvgIpc) is 3.39. The van der Waals surface area contributed by atoms with Crippen molar-refractivity contribution < 1.29 is 14.4 Å². The summed E-state index contributed by atoms with van der Waals surface area (Å²) < 4.78 is 5.33. The second kappa shape index (κ2) is 7.43. The molecule has 2 aromatic heterocycles. The Bertz CT molecular complexity index is 852. The first kappa shape index (κ1) is 17.0. The van der Waals surface area contributed by atoms with Crippen molar-refractivity contribution in [1.29, 1.82) is 0 Å². The molecule has 0 bridgehead atoms. The number of benzene rings is 1. The van der Waals surface area contributed by atoms with Crippen LogP contribution in [0.15, 0.2) is 58.6 Å². The highest BCUT2D eigenvalue weighted by Crippen LogP contribution is 2.34. The molecule has 1 aromatic carbocycles. The predicted octanol–water partition coefficient (Wildman–Crippen LogP) is 3.99. The molecule has 134 valence electrons. The molecule has 1 N–H and O–H groups in total. The number of thiophene rings is 1. The minimum absolute atomic E-state index is 0.0610. The van der Waals surface area contributed by atoms with Gasteiger partial charge in [-0.2, -0.15) is 0 Å². The van der Waals surface area contributed by atoms with E-state index in [-0.39, 0.29) is 11.8 Å². The summed E-state index contributed by atoms with van der Waals surface area (Å²) in [5, 5.41) is 16.3. The molecule has 1 saturated heterocycles. The van der Waals surface area contributed by atoms with Crippen LogP contribution < -0.4 is 0 Å². The Hall–Kier alpha value is -2.44. The third-order valence-electron chi connectivity index (χ3n) is 4.94. The molecule has 0 spiro atoms. The van der Waals surface area contributed by atoms with Crippen LogP contribution in [-0.4, -0.2) is 34.2 Å². The van der Waals surface area contributed by atoms with Crippen LogP contribution in [0, 0.1) is 5.92 Å². The standard InChI is InChI=1S/C20H20N2O3S/c23-18(17-7-4-12-26-17)14-8-10-22(11-9-14)20(24)16-13-21-25-19(16)15-5-2-1-3-6-15/h1-7,12-14,18,23H,8-11H2/t18-/m1/s1. The molecule has 1 fully saturated rings. The van der Waals surface area contributed by atoms with Crippen molar-refractivity contribution in [2.24, 2.45) is 5.92 Å². The number of carbonyl (C=O) groups excluding carboxylic acids is 1. The molecule has 1 atom stereocenters. The number of rotatable bonds is 4. The lowest BCUT2D eigenvalue weighted by atomic mass is 9.90. The molecule has 0 unspecified atom stereocenters. The highest BCUT2D eigenvalue weighted by atomic mass is 32.1. The monoisotopic (exact) mass is 368 g/mol. The molecule has 6 heteroatoms. The number of amides is 1. The van der Waals surface area contributed by atoms with Crippen LogP contribution in [0.1, 0.15) is 34.2 Å². The van der Waals surface area contributed by atoms with Crippen molar-refractivity contribution in [3.8, 4) is 11.3 Å². The summed E-state index contributed by atoms with van der Waals surface area (Å²) in [7, 11) is 0. The van der Waals surface area contributed by atoms with E-state index in [1.807, 2.05) is 52.7 Å². The fourth-order valence-corrected chi connectivity index (χ4v) is 4.27. The third-order valence-corrected chi connectivity index (χ3v) is 5.89. The Kier molecular flexibility index (Phi) is 4.86. The molecule has 0 aliphatic carbocycles. The van der Waals surface area contributed by atoms with Crippen LogP contribution >= 0.6 is 11.3 Å². The second-order valence-corrected chi connectivity index (χ2v) is 7.50. The Labute approximate surface area is 155 Å². The molecule has 3 aromatic rings. The Balaban J connectivity index is 1.44. The number of hydrogen-bond acceptors (Lipinski definition) is 5. The lowest BCUT2D eigenvalue weighted by Crippen LogP contribution is -2.39. The van der Waals surface area contributed by atoms with Crippen molar-refractivity contribution in [2.45, 2.75) is 18.9 Å².